The van der Waals surface area contributed by atoms with E-state index in [1.54, 1.807) is 6.33 Å². The van der Waals surface area contributed by atoms with Gasteiger partial charge in [0.15, 0.2) is 0 Å². The van der Waals surface area contributed by atoms with E-state index in [1.807, 2.05) is 12.1 Å². The summed E-state index contributed by atoms with van der Waals surface area (Å²) in [7, 11) is 2.05. The number of fused-ring (bicyclic) bond motifs is 1. The minimum absolute atomic E-state index is 0.263. The van der Waals surface area contributed by atoms with Gasteiger partial charge in [0.25, 0.3) is 0 Å². The van der Waals surface area contributed by atoms with Gasteiger partial charge in [0, 0.05) is 24.0 Å². The normalized spacial score (nSPS) is 18.7. The molecule has 2 heterocycles. The Bertz CT molecular complexity index is 568. The van der Waals surface area contributed by atoms with Crippen molar-refractivity contribution >= 4 is 16.7 Å². The van der Waals surface area contributed by atoms with Crippen molar-refractivity contribution in [2.24, 2.45) is 0 Å². The Morgan fingerprint density at radius 2 is 1.89 bits per heavy atom. The highest BCUT2D eigenvalue weighted by Crippen LogP contribution is 2.28. The summed E-state index contributed by atoms with van der Waals surface area (Å²) in [5.74, 6) is 1.07. The van der Waals surface area contributed by atoms with Crippen LogP contribution in [0.3, 0.4) is 0 Å². The minimum Gasteiger partial charge on any atom is -0.356 e. The molecule has 0 unspecified atom stereocenters. The summed E-state index contributed by atoms with van der Waals surface area (Å²) < 4.78 is 0. The highest BCUT2D eigenvalue weighted by atomic mass is 15.2. The quantitative estimate of drug-likeness (QED) is 0.894. The van der Waals surface area contributed by atoms with E-state index in [4.69, 9.17) is 0 Å². The number of hydrogen-bond acceptors (Lipinski definition) is 4. The van der Waals surface area contributed by atoms with E-state index >= 15 is 0 Å². The summed E-state index contributed by atoms with van der Waals surface area (Å²) in [6.07, 6.45) is 3.95. The third-order valence-corrected chi connectivity index (χ3v) is 4.29. The van der Waals surface area contributed by atoms with E-state index in [1.165, 1.54) is 0 Å². The van der Waals surface area contributed by atoms with Gasteiger partial charge in [-0.3, -0.25) is 0 Å². The van der Waals surface area contributed by atoms with Crippen molar-refractivity contribution in [3.63, 3.8) is 0 Å². The Balaban J connectivity index is 1.90. The fraction of sp³-hybridized carbons (Fsp3) is 0.467. The number of nitrogens with one attached hydrogen (secondary N) is 1. The van der Waals surface area contributed by atoms with Gasteiger partial charge in [-0.2, -0.15) is 0 Å². The highest BCUT2D eigenvalue weighted by Gasteiger charge is 2.29. The van der Waals surface area contributed by atoms with E-state index in [2.05, 4.69) is 46.3 Å². The average Bonchev–Trinajstić information content (AvgIpc) is 2.48. The number of nitrogens with zero attached hydrogens (tertiary/aromatic N) is 3. The van der Waals surface area contributed by atoms with Gasteiger partial charge < -0.3 is 10.2 Å². The maximum Gasteiger partial charge on any atom is 0.139 e. The van der Waals surface area contributed by atoms with Crippen LogP contribution < -0.4 is 10.2 Å². The van der Waals surface area contributed by atoms with Crippen LogP contribution in [0.15, 0.2) is 30.6 Å². The van der Waals surface area contributed by atoms with E-state index in [0.29, 0.717) is 0 Å². The highest BCUT2D eigenvalue weighted by molar-refractivity contribution is 5.89. The number of anilines is 1. The van der Waals surface area contributed by atoms with Gasteiger partial charge in [0.05, 0.1) is 5.52 Å². The molecule has 4 nitrogen and oxygen atoms in total. The van der Waals surface area contributed by atoms with Gasteiger partial charge in [-0.25, -0.2) is 9.97 Å². The molecule has 0 spiro atoms. The van der Waals surface area contributed by atoms with Crippen LogP contribution in [0, 0.1) is 0 Å². The zero-order valence-corrected chi connectivity index (χ0v) is 11.6. The topological polar surface area (TPSA) is 41.0 Å². The second-order valence-corrected chi connectivity index (χ2v) is 5.51. The molecular formula is C15H20N4. The van der Waals surface area contributed by atoms with E-state index < -0.39 is 0 Å². The summed E-state index contributed by atoms with van der Waals surface area (Å²) in [5.41, 5.74) is 1.29. The van der Waals surface area contributed by atoms with Gasteiger partial charge in [-0.05, 0) is 38.9 Å². The smallest absolute Gasteiger partial charge is 0.139 e. The van der Waals surface area contributed by atoms with Crippen molar-refractivity contribution in [1.82, 2.24) is 15.3 Å². The standard InChI is InChI=1S/C15H20N4/c1-15(16-2)7-9-19(10-8-15)14-12-5-3-4-6-13(12)17-11-18-14/h3-6,11,16H,7-10H2,1-2H3. The second-order valence-electron chi connectivity index (χ2n) is 5.51. The summed E-state index contributed by atoms with van der Waals surface area (Å²) in [5, 5.41) is 4.58. The molecule has 0 atom stereocenters. The van der Waals surface area contributed by atoms with E-state index in [0.717, 1.165) is 42.7 Å². The third kappa shape index (κ3) is 2.28. The first-order chi connectivity index (χ1) is 9.22. The molecule has 0 radical (unpaired) electrons. The molecule has 0 amide bonds. The van der Waals surface area contributed by atoms with Crippen LogP contribution in [-0.2, 0) is 0 Å². The summed E-state index contributed by atoms with van der Waals surface area (Å²) >= 11 is 0. The lowest BCUT2D eigenvalue weighted by Crippen LogP contribution is -2.50. The molecule has 0 saturated carbocycles. The molecule has 0 aliphatic carbocycles. The van der Waals surface area contributed by atoms with Gasteiger partial charge in [-0.15, -0.1) is 0 Å². The molecule has 0 bridgehead atoms. The van der Waals surface area contributed by atoms with Crippen LogP contribution in [0.2, 0.25) is 0 Å². The molecule has 2 aromatic rings. The molecule has 19 heavy (non-hydrogen) atoms. The fourth-order valence-electron chi connectivity index (χ4n) is 2.70. The zero-order chi connectivity index (χ0) is 13.3. The van der Waals surface area contributed by atoms with Crippen LogP contribution >= 0.6 is 0 Å². The predicted molar refractivity (Wildman–Crippen MR) is 78.4 cm³/mol. The third-order valence-electron chi connectivity index (χ3n) is 4.29. The van der Waals surface area contributed by atoms with Crippen molar-refractivity contribution < 1.29 is 0 Å². The van der Waals surface area contributed by atoms with Gasteiger partial charge in [0.2, 0.25) is 0 Å². The van der Waals surface area contributed by atoms with Crippen molar-refractivity contribution in [1.29, 1.82) is 0 Å². The average molecular weight is 256 g/mol. The molecule has 1 aliphatic heterocycles. The maximum atomic E-state index is 4.50. The molecule has 1 aliphatic rings. The Morgan fingerprint density at radius 3 is 2.63 bits per heavy atom. The van der Waals surface area contributed by atoms with Crippen molar-refractivity contribution in [3.8, 4) is 0 Å². The SMILES string of the molecule is CNC1(C)CCN(c2ncnc3ccccc23)CC1. The minimum atomic E-state index is 0.263. The van der Waals surface area contributed by atoms with Crippen molar-refractivity contribution in [2.45, 2.75) is 25.3 Å². The number of para-hydroxylation sites is 1. The van der Waals surface area contributed by atoms with Crippen molar-refractivity contribution in [2.75, 3.05) is 25.0 Å². The predicted octanol–water partition coefficient (Wildman–Crippen LogP) is 2.21. The van der Waals surface area contributed by atoms with Crippen LogP contribution in [0.4, 0.5) is 5.82 Å². The monoisotopic (exact) mass is 256 g/mol. The van der Waals surface area contributed by atoms with Crippen LogP contribution in [0.5, 0.6) is 0 Å². The van der Waals surface area contributed by atoms with Crippen LogP contribution in [0.25, 0.3) is 10.9 Å². The summed E-state index contributed by atoms with van der Waals surface area (Å²) in [6.45, 7) is 4.37. The maximum absolute atomic E-state index is 4.50. The molecule has 1 fully saturated rings. The molecule has 1 aromatic carbocycles. The fourth-order valence-corrected chi connectivity index (χ4v) is 2.70. The molecular weight excluding hydrogens is 236 g/mol. The Kier molecular flexibility index (Phi) is 3.11. The Hall–Kier alpha value is -1.68. The van der Waals surface area contributed by atoms with Gasteiger partial charge >= 0.3 is 0 Å². The molecule has 1 N–H and O–H groups in total. The Morgan fingerprint density at radius 1 is 1.16 bits per heavy atom. The van der Waals surface area contributed by atoms with Gasteiger partial charge in [-0.1, -0.05) is 12.1 Å². The van der Waals surface area contributed by atoms with Crippen molar-refractivity contribution in [3.05, 3.63) is 30.6 Å². The molecule has 4 heteroatoms. The molecule has 1 saturated heterocycles. The summed E-state index contributed by atoms with van der Waals surface area (Å²) in [6, 6.07) is 8.23. The van der Waals surface area contributed by atoms with Crippen LogP contribution in [0.1, 0.15) is 19.8 Å². The lowest BCUT2D eigenvalue weighted by atomic mass is 9.90. The first kappa shape index (κ1) is 12.4. The number of benzene rings is 1. The zero-order valence-electron chi connectivity index (χ0n) is 11.6. The lowest BCUT2D eigenvalue weighted by Gasteiger charge is -2.40. The second kappa shape index (κ2) is 4.78. The van der Waals surface area contributed by atoms with E-state index in [9.17, 15) is 0 Å². The largest absolute Gasteiger partial charge is 0.356 e. The number of rotatable bonds is 2. The number of hydrogen-bond donors (Lipinski definition) is 1. The molecule has 3 rings (SSSR count). The van der Waals surface area contributed by atoms with E-state index in [-0.39, 0.29) is 5.54 Å². The molecule has 100 valence electrons. The number of aromatic nitrogens is 2. The van der Waals surface area contributed by atoms with Crippen LogP contribution in [-0.4, -0.2) is 35.6 Å². The van der Waals surface area contributed by atoms with Gasteiger partial charge in [0.1, 0.15) is 12.1 Å². The lowest BCUT2D eigenvalue weighted by molar-refractivity contribution is 0.304. The number of piperidine rings is 1. The first-order valence-electron chi connectivity index (χ1n) is 6.85. The Labute approximate surface area is 113 Å². The molecule has 1 aromatic heterocycles. The first-order valence-corrected chi connectivity index (χ1v) is 6.85. The summed E-state index contributed by atoms with van der Waals surface area (Å²) in [4.78, 5) is 11.2.